The Morgan fingerprint density at radius 3 is 3.10 bits per heavy atom. The molecule has 1 saturated heterocycles. The Bertz CT molecular complexity index is 541. The molecule has 0 bridgehead atoms. The number of hydrogen-bond donors (Lipinski definition) is 1. The molecule has 0 aromatic carbocycles. The van der Waals surface area contributed by atoms with E-state index in [9.17, 15) is 0 Å². The Labute approximate surface area is 129 Å². The molecule has 0 spiro atoms. The van der Waals surface area contributed by atoms with E-state index in [1.807, 2.05) is 24.4 Å². The van der Waals surface area contributed by atoms with Crippen LogP contribution >= 0.6 is 23.7 Å². The van der Waals surface area contributed by atoms with Gasteiger partial charge in [0, 0.05) is 19.1 Å². The van der Waals surface area contributed by atoms with Crippen LogP contribution in [0.3, 0.4) is 0 Å². The molecule has 6 heteroatoms. The predicted molar refractivity (Wildman–Crippen MR) is 84.3 cm³/mol. The zero-order valence-electron chi connectivity index (χ0n) is 11.5. The summed E-state index contributed by atoms with van der Waals surface area (Å²) in [4.78, 5) is 8.15. The molecule has 1 unspecified atom stereocenters. The fraction of sp³-hybridized carbons (Fsp3) is 0.500. The van der Waals surface area contributed by atoms with Gasteiger partial charge in [0.25, 0.3) is 0 Å². The molecule has 1 fully saturated rings. The summed E-state index contributed by atoms with van der Waals surface area (Å²) >= 11 is 1.66. The van der Waals surface area contributed by atoms with Crippen molar-refractivity contribution in [2.45, 2.75) is 32.4 Å². The van der Waals surface area contributed by atoms with E-state index < -0.39 is 0 Å². The minimum Gasteiger partial charge on any atom is -0.440 e. The van der Waals surface area contributed by atoms with Gasteiger partial charge in [-0.3, -0.25) is 4.90 Å². The number of hydrogen-bond acceptors (Lipinski definition) is 5. The smallest absolute Gasteiger partial charge is 0.236 e. The van der Waals surface area contributed by atoms with E-state index in [0.717, 1.165) is 41.9 Å². The first-order chi connectivity index (χ1) is 9.28. The maximum absolute atomic E-state index is 5.81. The lowest BCUT2D eigenvalue weighted by molar-refractivity contribution is 0.246. The van der Waals surface area contributed by atoms with Gasteiger partial charge in [0.15, 0.2) is 0 Å². The van der Waals surface area contributed by atoms with Crippen LogP contribution in [-0.2, 0) is 6.54 Å². The molecule has 0 saturated carbocycles. The summed E-state index contributed by atoms with van der Waals surface area (Å²) in [6.45, 7) is 4.69. The molecule has 0 amide bonds. The lowest BCUT2D eigenvalue weighted by Gasteiger charge is -2.21. The van der Waals surface area contributed by atoms with Crippen LogP contribution in [0.2, 0.25) is 0 Å². The minimum absolute atomic E-state index is 0. The summed E-state index contributed by atoms with van der Waals surface area (Å²) in [5.74, 6) is 1.66. The normalized spacial score (nSPS) is 19.2. The molecule has 1 aliphatic rings. The third-order valence-electron chi connectivity index (χ3n) is 3.75. The van der Waals surface area contributed by atoms with E-state index in [1.165, 1.54) is 12.8 Å². The summed E-state index contributed by atoms with van der Waals surface area (Å²) in [7, 11) is 0. The summed E-state index contributed by atoms with van der Waals surface area (Å²) in [6.07, 6.45) is 2.43. The van der Waals surface area contributed by atoms with E-state index in [4.69, 9.17) is 10.2 Å². The van der Waals surface area contributed by atoms with Gasteiger partial charge in [0.1, 0.15) is 5.76 Å². The van der Waals surface area contributed by atoms with E-state index in [1.54, 1.807) is 11.3 Å². The van der Waals surface area contributed by atoms with Crippen molar-refractivity contribution in [1.82, 2.24) is 9.88 Å². The van der Waals surface area contributed by atoms with Gasteiger partial charge in [0.05, 0.1) is 10.6 Å². The van der Waals surface area contributed by atoms with Crippen LogP contribution < -0.4 is 5.73 Å². The van der Waals surface area contributed by atoms with Crippen molar-refractivity contribution in [1.29, 1.82) is 0 Å². The van der Waals surface area contributed by atoms with Gasteiger partial charge >= 0.3 is 0 Å². The summed E-state index contributed by atoms with van der Waals surface area (Å²) in [5, 5.41) is 2.04. The van der Waals surface area contributed by atoms with Gasteiger partial charge in [-0.2, -0.15) is 0 Å². The van der Waals surface area contributed by atoms with Crippen molar-refractivity contribution in [3.63, 3.8) is 0 Å². The highest BCUT2D eigenvalue weighted by Gasteiger charge is 2.25. The average Bonchev–Trinajstić information content (AvgIpc) is 3.11. The molecule has 2 aromatic rings. The molecule has 20 heavy (non-hydrogen) atoms. The van der Waals surface area contributed by atoms with Crippen molar-refractivity contribution >= 4 is 23.7 Å². The highest BCUT2D eigenvalue weighted by atomic mass is 35.5. The molecule has 1 atom stereocenters. The topological polar surface area (TPSA) is 55.3 Å². The second-order valence-corrected chi connectivity index (χ2v) is 5.95. The van der Waals surface area contributed by atoms with Crippen LogP contribution in [0.25, 0.3) is 10.8 Å². The van der Waals surface area contributed by atoms with Crippen molar-refractivity contribution in [3.8, 4) is 10.8 Å². The minimum atomic E-state index is 0. The molecule has 4 nitrogen and oxygen atoms in total. The molecule has 3 heterocycles. The number of thiophene rings is 1. The first kappa shape index (κ1) is 15.5. The van der Waals surface area contributed by atoms with Crippen molar-refractivity contribution in [3.05, 3.63) is 29.0 Å². The summed E-state index contributed by atoms with van der Waals surface area (Å²) in [5.41, 5.74) is 6.86. The number of halogens is 1. The highest BCUT2D eigenvalue weighted by molar-refractivity contribution is 7.13. The van der Waals surface area contributed by atoms with Crippen LogP contribution in [0.15, 0.2) is 21.9 Å². The molecule has 2 N–H and O–H groups in total. The number of aryl methyl sites for hydroxylation is 1. The highest BCUT2D eigenvalue weighted by Crippen LogP contribution is 2.27. The Morgan fingerprint density at radius 1 is 1.55 bits per heavy atom. The number of oxazole rings is 1. The molecule has 110 valence electrons. The summed E-state index contributed by atoms with van der Waals surface area (Å²) in [6, 6.07) is 4.56. The van der Waals surface area contributed by atoms with Gasteiger partial charge in [0.2, 0.25) is 5.89 Å². The van der Waals surface area contributed by atoms with Gasteiger partial charge < -0.3 is 10.2 Å². The molecule has 3 rings (SSSR count). The maximum atomic E-state index is 5.81. The number of nitrogens with two attached hydrogens (primary N) is 1. The van der Waals surface area contributed by atoms with E-state index >= 15 is 0 Å². The van der Waals surface area contributed by atoms with Crippen LogP contribution in [0.5, 0.6) is 0 Å². The first-order valence-corrected chi connectivity index (χ1v) is 7.60. The SMILES string of the molecule is Cc1oc(-c2cccs2)nc1CN1CCCC1CN.Cl. The first-order valence-electron chi connectivity index (χ1n) is 6.72. The molecule has 2 aromatic heterocycles. The van der Waals surface area contributed by atoms with Gasteiger partial charge in [-0.25, -0.2) is 4.98 Å². The third-order valence-corrected chi connectivity index (χ3v) is 4.61. The lowest BCUT2D eigenvalue weighted by Crippen LogP contribution is -2.35. The zero-order chi connectivity index (χ0) is 13.2. The second-order valence-electron chi connectivity index (χ2n) is 5.00. The van der Waals surface area contributed by atoms with Crippen molar-refractivity contribution in [2.24, 2.45) is 5.73 Å². The Kier molecular flexibility index (Phi) is 5.21. The van der Waals surface area contributed by atoms with Crippen LogP contribution in [0.1, 0.15) is 24.3 Å². The van der Waals surface area contributed by atoms with Gasteiger partial charge in [-0.1, -0.05) is 6.07 Å². The quantitative estimate of drug-likeness (QED) is 0.942. The fourth-order valence-electron chi connectivity index (χ4n) is 2.64. The fourth-order valence-corrected chi connectivity index (χ4v) is 3.29. The number of nitrogens with zero attached hydrogens (tertiary/aromatic N) is 2. The zero-order valence-corrected chi connectivity index (χ0v) is 13.2. The largest absolute Gasteiger partial charge is 0.440 e. The lowest BCUT2D eigenvalue weighted by atomic mass is 10.2. The Balaban J connectivity index is 0.00000147. The van der Waals surface area contributed by atoms with Gasteiger partial charge in [-0.05, 0) is 37.8 Å². The van der Waals surface area contributed by atoms with Crippen LogP contribution in [-0.4, -0.2) is 29.0 Å². The second kappa shape index (κ2) is 6.72. The number of rotatable bonds is 4. The van der Waals surface area contributed by atoms with E-state index in [-0.39, 0.29) is 12.4 Å². The summed E-state index contributed by atoms with van der Waals surface area (Å²) < 4.78 is 5.78. The van der Waals surface area contributed by atoms with E-state index in [0.29, 0.717) is 6.04 Å². The maximum Gasteiger partial charge on any atom is 0.236 e. The molecule has 0 aliphatic carbocycles. The van der Waals surface area contributed by atoms with Crippen LogP contribution in [0, 0.1) is 6.92 Å². The Morgan fingerprint density at radius 2 is 2.40 bits per heavy atom. The molecule has 1 aliphatic heterocycles. The molecular weight excluding hydrogens is 294 g/mol. The number of aromatic nitrogens is 1. The Hall–Kier alpha value is -0.880. The van der Waals surface area contributed by atoms with Crippen molar-refractivity contribution < 1.29 is 4.42 Å². The van der Waals surface area contributed by atoms with E-state index in [2.05, 4.69) is 9.88 Å². The predicted octanol–water partition coefficient (Wildman–Crippen LogP) is 3.06. The standard InChI is InChI=1S/C14H19N3OS.ClH/c1-10-12(9-17-6-2-4-11(17)8-15)16-14(18-10)13-5-3-7-19-13;/h3,5,7,11H,2,4,6,8-9,15H2,1H3;1H. The monoisotopic (exact) mass is 313 g/mol. The van der Waals surface area contributed by atoms with Crippen LogP contribution in [0.4, 0.5) is 0 Å². The third kappa shape index (κ3) is 3.06. The van der Waals surface area contributed by atoms with Crippen molar-refractivity contribution in [2.75, 3.05) is 13.1 Å². The number of likely N-dealkylation sites (tertiary alicyclic amines) is 1. The van der Waals surface area contributed by atoms with Gasteiger partial charge in [-0.15, -0.1) is 23.7 Å². The molecular formula is C14H20ClN3OS. The average molecular weight is 314 g/mol. The molecule has 0 radical (unpaired) electrons.